The zero-order chi connectivity index (χ0) is 14.4. The SMILES string of the molecule is NC(=O)CCOc1ccc(NC(=O)c2ccco2)cc1. The lowest BCUT2D eigenvalue weighted by Gasteiger charge is -2.07. The molecule has 0 bridgehead atoms. The van der Waals surface area contributed by atoms with Crippen LogP contribution in [0.1, 0.15) is 17.0 Å². The van der Waals surface area contributed by atoms with E-state index in [0.717, 1.165) is 0 Å². The van der Waals surface area contributed by atoms with Gasteiger partial charge < -0.3 is 20.2 Å². The molecule has 1 aromatic heterocycles. The fourth-order valence-corrected chi connectivity index (χ4v) is 1.50. The summed E-state index contributed by atoms with van der Waals surface area (Å²) in [6.07, 6.45) is 1.60. The van der Waals surface area contributed by atoms with Gasteiger partial charge in [0.05, 0.1) is 19.3 Å². The first-order valence-electron chi connectivity index (χ1n) is 6.01. The number of carbonyl (C=O) groups excluding carboxylic acids is 2. The van der Waals surface area contributed by atoms with Gasteiger partial charge in [0, 0.05) is 5.69 Å². The molecule has 0 aliphatic carbocycles. The monoisotopic (exact) mass is 274 g/mol. The summed E-state index contributed by atoms with van der Waals surface area (Å²) < 4.78 is 10.3. The molecule has 2 aromatic rings. The highest BCUT2D eigenvalue weighted by molar-refractivity contribution is 6.02. The first-order valence-corrected chi connectivity index (χ1v) is 6.01. The van der Waals surface area contributed by atoms with E-state index in [1.54, 1.807) is 36.4 Å². The summed E-state index contributed by atoms with van der Waals surface area (Å²) in [5, 5.41) is 2.68. The van der Waals surface area contributed by atoms with Crippen LogP contribution in [0, 0.1) is 0 Å². The van der Waals surface area contributed by atoms with E-state index in [1.807, 2.05) is 0 Å². The zero-order valence-corrected chi connectivity index (χ0v) is 10.7. The third-order valence-corrected chi connectivity index (χ3v) is 2.47. The Morgan fingerprint density at radius 1 is 1.20 bits per heavy atom. The molecule has 0 unspecified atom stereocenters. The lowest BCUT2D eigenvalue weighted by Crippen LogP contribution is -2.14. The fraction of sp³-hybridized carbons (Fsp3) is 0.143. The first kappa shape index (κ1) is 13.7. The van der Waals surface area contributed by atoms with E-state index < -0.39 is 5.91 Å². The van der Waals surface area contributed by atoms with E-state index in [4.69, 9.17) is 14.9 Å². The molecule has 3 N–H and O–H groups in total. The van der Waals surface area contributed by atoms with Crippen molar-refractivity contribution >= 4 is 17.5 Å². The molecule has 0 saturated heterocycles. The lowest BCUT2D eigenvalue weighted by molar-refractivity contribution is -0.118. The van der Waals surface area contributed by atoms with Crippen molar-refractivity contribution in [1.82, 2.24) is 0 Å². The topological polar surface area (TPSA) is 94.6 Å². The van der Waals surface area contributed by atoms with Crippen LogP contribution in [0.2, 0.25) is 0 Å². The molecule has 1 heterocycles. The van der Waals surface area contributed by atoms with Crippen LogP contribution in [0.4, 0.5) is 5.69 Å². The average molecular weight is 274 g/mol. The molecular formula is C14H14N2O4. The van der Waals surface area contributed by atoms with Gasteiger partial charge in [0.2, 0.25) is 5.91 Å². The zero-order valence-electron chi connectivity index (χ0n) is 10.7. The fourth-order valence-electron chi connectivity index (χ4n) is 1.50. The number of nitrogens with two attached hydrogens (primary N) is 1. The molecule has 0 aliphatic heterocycles. The van der Waals surface area contributed by atoms with E-state index in [9.17, 15) is 9.59 Å². The maximum atomic E-state index is 11.7. The third-order valence-electron chi connectivity index (χ3n) is 2.47. The Hall–Kier alpha value is -2.76. The van der Waals surface area contributed by atoms with E-state index in [2.05, 4.69) is 5.32 Å². The summed E-state index contributed by atoms with van der Waals surface area (Å²) in [4.78, 5) is 22.3. The van der Waals surface area contributed by atoms with Crippen molar-refractivity contribution in [3.05, 3.63) is 48.4 Å². The highest BCUT2D eigenvalue weighted by atomic mass is 16.5. The van der Waals surface area contributed by atoms with Crippen LogP contribution < -0.4 is 15.8 Å². The number of primary amides is 1. The highest BCUT2D eigenvalue weighted by Gasteiger charge is 2.08. The predicted molar refractivity (Wildman–Crippen MR) is 72.4 cm³/mol. The van der Waals surface area contributed by atoms with E-state index >= 15 is 0 Å². The molecule has 0 aliphatic rings. The standard InChI is InChI=1S/C14H14N2O4/c15-13(17)7-9-19-11-5-3-10(4-6-11)16-14(18)12-2-1-8-20-12/h1-6,8H,7,9H2,(H2,15,17)(H,16,18). The molecule has 0 atom stereocenters. The normalized spacial score (nSPS) is 10.0. The van der Waals surface area contributed by atoms with Gasteiger partial charge in [-0.05, 0) is 36.4 Å². The maximum absolute atomic E-state index is 11.7. The Balaban J connectivity index is 1.88. The number of carbonyl (C=O) groups is 2. The minimum absolute atomic E-state index is 0.164. The van der Waals surface area contributed by atoms with Crippen molar-refractivity contribution in [3.8, 4) is 5.75 Å². The van der Waals surface area contributed by atoms with Gasteiger partial charge in [-0.1, -0.05) is 0 Å². The molecule has 6 nitrogen and oxygen atoms in total. The molecule has 6 heteroatoms. The van der Waals surface area contributed by atoms with Crippen molar-refractivity contribution in [2.45, 2.75) is 6.42 Å². The summed E-state index contributed by atoms with van der Waals surface area (Å²) in [5.41, 5.74) is 5.63. The number of nitrogens with one attached hydrogen (secondary N) is 1. The van der Waals surface area contributed by atoms with Crippen LogP contribution in [-0.4, -0.2) is 18.4 Å². The van der Waals surface area contributed by atoms with Crippen LogP contribution in [-0.2, 0) is 4.79 Å². The van der Waals surface area contributed by atoms with E-state index in [-0.39, 0.29) is 24.7 Å². The number of anilines is 1. The van der Waals surface area contributed by atoms with Gasteiger partial charge in [0.15, 0.2) is 5.76 Å². The predicted octanol–water partition coefficient (Wildman–Crippen LogP) is 1.79. The highest BCUT2D eigenvalue weighted by Crippen LogP contribution is 2.16. The number of hydrogen-bond acceptors (Lipinski definition) is 4. The number of rotatable bonds is 6. The molecule has 0 fully saturated rings. The minimum Gasteiger partial charge on any atom is -0.493 e. The number of hydrogen-bond donors (Lipinski definition) is 2. The molecule has 20 heavy (non-hydrogen) atoms. The van der Waals surface area contributed by atoms with Crippen molar-refractivity contribution in [2.24, 2.45) is 5.73 Å². The van der Waals surface area contributed by atoms with E-state index in [0.29, 0.717) is 11.4 Å². The van der Waals surface area contributed by atoms with Gasteiger partial charge in [0.25, 0.3) is 5.91 Å². The Bertz CT molecular complexity index is 576. The summed E-state index contributed by atoms with van der Waals surface area (Å²) in [5.74, 6) is 0.110. The van der Waals surface area contributed by atoms with Gasteiger partial charge >= 0.3 is 0 Å². The van der Waals surface area contributed by atoms with Gasteiger partial charge in [0.1, 0.15) is 5.75 Å². The molecule has 2 amide bonds. The smallest absolute Gasteiger partial charge is 0.291 e. The van der Waals surface area contributed by atoms with E-state index in [1.165, 1.54) is 6.26 Å². The number of amides is 2. The van der Waals surface area contributed by atoms with Crippen molar-refractivity contribution in [1.29, 1.82) is 0 Å². The van der Waals surface area contributed by atoms with Gasteiger partial charge in [-0.3, -0.25) is 9.59 Å². The molecule has 2 rings (SSSR count). The molecule has 0 radical (unpaired) electrons. The van der Waals surface area contributed by atoms with Gasteiger partial charge in [-0.25, -0.2) is 0 Å². The van der Waals surface area contributed by atoms with Gasteiger partial charge in [-0.2, -0.15) is 0 Å². The third kappa shape index (κ3) is 3.88. The Morgan fingerprint density at radius 3 is 2.55 bits per heavy atom. The molecule has 1 aromatic carbocycles. The second-order valence-electron chi connectivity index (χ2n) is 4.02. The Kier molecular flexibility index (Phi) is 4.39. The molecule has 0 saturated carbocycles. The number of benzene rings is 1. The number of ether oxygens (including phenoxy) is 1. The second kappa shape index (κ2) is 6.42. The molecule has 0 spiro atoms. The van der Waals surface area contributed by atoms with Crippen LogP contribution in [0.3, 0.4) is 0 Å². The van der Waals surface area contributed by atoms with Crippen molar-refractivity contribution < 1.29 is 18.7 Å². The summed E-state index contributed by atoms with van der Waals surface area (Å²) >= 11 is 0. The quantitative estimate of drug-likeness (QED) is 0.839. The van der Waals surface area contributed by atoms with Crippen LogP contribution in [0.25, 0.3) is 0 Å². The van der Waals surface area contributed by atoms with Gasteiger partial charge in [-0.15, -0.1) is 0 Å². The summed E-state index contributed by atoms with van der Waals surface area (Å²) in [6, 6.07) is 10.00. The average Bonchev–Trinajstić information content (AvgIpc) is 2.94. The Morgan fingerprint density at radius 2 is 1.95 bits per heavy atom. The van der Waals surface area contributed by atoms with Crippen molar-refractivity contribution in [2.75, 3.05) is 11.9 Å². The Labute approximate surface area is 115 Å². The second-order valence-corrected chi connectivity index (χ2v) is 4.02. The minimum atomic E-state index is -0.410. The number of furan rings is 1. The maximum Gasteiger partial charge on any atom is 0.291 e. The summed E-state index contributed by atoms with van der Waals surface area (Å²) in [6.45, 7) is 0.230. The van der Waals surface area contributed by atoms with Crippen LogP contribution >= 0.6 is 0 Å². The summed E-state index contributed by atoms with van der Waals surface area (Å²) in [7, 11) is 0. The molecule has 104 valence electrons. The first-order chi connectivity index (χ1) is 9.65. The van der Waals surface area contributed by atoms with Crippen LogP contribution in [0.5, 0.6) is 5.75 Å². The van der Waals surface area contributed by atoms with Crippen molar-refractivity contribution in [3.63, 3.8) is 0 Å². The largest absolute Gasteiger partial charge is 0.493 e. The molecular weight excluding hydrogens is 260 g/mol. The van der Waals surface area contributed by atoms with Crippen LogP contribution in [0.15, 0.2) is 47.1 Å². The lowest BCUT2D eigenvalue weighted by atomic mass is 10.3.